The van der Waals surface area contributed by atoms with E-state index in [1.54, 1.807) is 28.8 Å². The summed E-state index contributed by atoms with van der Waals surface area (Å²) in [6, 6.07) is 10.5. The van der Waals surface area contributed by atoms with Crippen molar-refractivity contribution in [1.29, 1.82) is 0 Å². The highest BCUT2D eigenvalue weighted by atomic mass is 16.3. The first-order valence-corrected chi connectivity index (χ1v) is 9.82. The lowest BCUT2D eigenvalue weighted by Gasteiger charge is -2.30. The summed E-state index contributed by atoms with van der Waals surface area (Å²) in [5, 5.41) is 21.0. The Balaban J connectivity index is 2.49. The van der Waals surface area contributed by atoms with Gasteiger partial charge in [0.1, 0.15) is 11.3 Å². The molecular weight excluding hydrogens is 380 g/mol. The third-order valence-corrected chi connectivity index (χ3v) is 5.48. The third-order valence-electron chi connectivity index (χ3n) is 5.48. The summed E-state index contributed by atoms with van der Waals surface area (Å²) in [7, 11) is 0. The Morgan fingerprint density at radius 1 is 1.07 bits per heavy atom. The van der Waals surface area contributed by atoms with Gasteiger partial charge < -0.3 is 20.5 Å². The number of para-hydroxylation sites is 1. The summed E-state index contributed by atoms with van der Waals surface area (Å²) >= 11 is 0. The normalized spacial score (nSPS) is 12.3. The highest BCUT2D eigenvalue weighted by Crippen LogP contribution is 2.39. The number of phenols is 1. The predicted octanol–water partition coefficient (Wildman–Crippen LogP) is 3.36. The van der Waals surface area contributed by atoms with E-state index >= 15 is 0 Å². The van der Waals surface area contributed by atoms with Crippen molar-refractivity contribution < 1.29 is 15.0 Å². The number of primary amides is 1. The average molecular weight is 408 g/mol. The number of carbonyl (C=O) groups excluding carboxylic acids is 1. The lowest BCUT2D eigenvalue weighted by atomic mass is 9.78. The van der Waals surface area contributed by atoms with E-state index in [1.165, 1.54) is 6.20 Å². The number of amides is 1. The van der Waals surface area contributed by atoms with Gasteiger partial charge in [0.25, 0.3) is 5.91 Å². The minimum absolute atomic E-state index is 0.0282. The van der Waals surface area contributed by atoms with Crippen LogP contribution in [0, 0.1) is 0 Å². The largest absolute Gasteiger partial charge is 0.508 e. The van der Waals surface area contributed by atoms with Crippen molar-refractivity contribution >= 4 is 16.8 Å². The fourth-order valence-corrected chi connectivity index (χ4v) is 3.66. The fourth-order valence-electron chi connectivity index (χ4n) is 3.66. The molecule has 0 spiro atoms. The number of phenolic OH excluding ortho intramolecular Hbond substituents is 1. The van der Waals surface area contributed by atoms with Gasteiger partial charge in [-0.3, -0.25) is 9.59 Å². The molecule has 0 radical (unpaired) electrons. The van der Waals surface area contributed by atoms with Gasteiger partial charge in [0.05, 0.1) is 17.8 Å². The molecule has 3 aromatic rings. The van der Waals surface area contributed by atoms with Crippen LogP contribution in [0.25, 0.3) is 16.6 Å². The first kappa shape index (κ1) is 21.6. The molecule has 0 saturated carbocycles. The fraction of sp³-hybridized carbons (Fsp3) is 0.333. The van der Waals surface area contributed by atoms with Crippen molar-refractivity contribution in [2.45, 2.75) is 45.4 Å². The molecule has 2 aromatic carbocycles. The molecule has 0 aliphatic heterocycles. The molecule has 3 rings (SSSR count). The Hall–Kier alpha value is -3.12. The molecule has 6 nitrogen and oxygen atoms in total. The van der Waals surface area contributed by atoms with Gasteiger partial charge in [0.2, 0.25) is 5.43 Å². The molecule has 4 N–H and O–H groups in total. The zero-order valence-corrected chi connectivity index (χ0v) is 18.0. The number of pyridine rings is 1. The van der Waals surface area contributed by atoms with Crippen LogP contribution in [0.3, 0.4) is 0 Å². The second-order valence-electron chi connectivity index (χ2n) is 9.30. The summed E-state index contributed by atoms with van der Waals surface area (Å²) in [5.41, 5.74) is 6.71. The molecule has 0 unspecified atom stereocenters. The lowest BCUT2D eigenvalue weighted by Crippen LogP contribution is -2.26. The standard InChI is InChI=1S/C24H28N2O4/c1-23(2,3)16-10-17(24(4,5)13-27)20(28)11-19(16)26-12-15(22(25)30)21(29)14-8-6-7-9-18(14)26/h6-12,27-28H,13H2,1-5H3,(H2,25,30). The Labute approximate surface area is 175 Å². The van der Waals surface area contributed by atoms with E-state index in [-0.39, 0.29) is 23.3 Å². The molecule has 0 aliphatic rings. The zero-order valence-electron chi connectivity index (χ0n) is 18.0. The molecule has 158 valence electrons. The summed E-state index contributed by atoms with van der Waals surface area (Å²) in [6.45, 7) is 9.70. The molecule has 1 amide bonds. The highest BCUT2D eigenvalue weighted by Gasteiger charge is 2.29. The molecule has 0 atom stereocenters. The predicted molar refractivity (Wildman–Crippen MR) is 119 cm³/mol. The zero-order chi connectivity index (χ0) is 22.4. The number of carbonyl (C=O) groups is 1. The molecule has 0 fully saturated rings. The highest BCUT2D eigenvalue weighted by molar-refractivity contribution is 5.96. The smallest absolute Gasteiger partial charge is 0.254 e. The number of aliphatic hydroxyl groups is 1. The number of benzene rings is 2. The Kier molecular flexibility index (Phi) is 5.24. The van der Waals surface area contributed by atoms with Crippen molar-refractivity contribution in [2.24, 2.45) is 5.73 Å². The number of aromatic hydroxyl groups is 1. The van der Waals surface area contributed by atoms with Gasteiger partial charge in [-0.1, -0.05) is 46.8 Å². The third kappa shape index (κ3) is 3.59. The monoisotopic (exact) mass is 408 g/mol. The number of nitrogens with zero attached hydrogens (tertiary/aromatic N) is 1. The lowest BCUT2D eigenvalue weighted by molar-refractivity contribution is 0.0999. The molecular formula is C24H28N2O4. The molecule has 0 saturated heterocycles. The van der Waals surface area contributed by atoms with Crippen LogP contribution in [-0.4, -0.2) is 27.3 Å². The number of aliphatic hydroxyl groups excluding tert-OH is 1. The van der Waals surface area contributed by atoms with Crippen LogP contribution in [-0.2, 0) is 10.8 Å². The van der Waals surface area contributed by atoms with Crippen LogP contribution in [0.2, 0.25) is 0 Å². The van der Waals surface area contributed by atoms with Crippen molar-refractivity contribution in [3.63, 3.8) is 0 Å². The van der Waals surface area contributed by atoms with Crippen molar-refractivity contribution in [2.75, 3.05) is 6.61 Å². The van der Waals surface area contributed by atoms with Gasteiger partial charge >= 0.3 is 0 Å². The van der Waals surface area contributed by atoms with Crippen LogP contribution in [0.1, 0.15) is 56.1 Å². The van der Waals surface area contributed by atoms with Gasteiger partial charge in [-0.05, 0) is 29.2 Å². The van der Waals surface area contributed by atoms with Crippen LogP contribution in [0.4, 0.5) is 0 Å². The van der Waals surface area contributed by atoms with E-state index in [9.17, 15) is 19.8 Å². The Morgan fingerprint density at radius 3 is 2.27 bits per heavy atom. The number of hydrogen-bond donors (Lipinski definition) is 3. The van der Waals surface area contributed by atoms with Crippen LogP contribution in [0.15, 0.2) is 47.4 Å². The van der Waals surface area contributed by atoms with E-state index in [1.807, 2.05) is 46.8 Å². The van der Waals surface area contributed by atoms with Gasteiger partial charge in [-0.25, -0.2) is 0 Å². The Morgan fingerprint density at radius 2 is 1.70 bits per heavy atom. The van der Waals surface area contributed by atoms with Gasteiger partial charge in [-0.2, -0.15) is 0 Å². The minimum atomic E-state index is -0.806. The van der Waals surface area contributed by atoms with E-state index in [0.29, 0.717) is 22.2 Å². The summed E-state index contributed by atoms with van der Waals surface area (Å²) in [5.74, 6) is -0.778. The second kappa shape index (κ2) is 7.29. The van der Waals surface area contributed by atoms with Gasteiger partial charge in [0, 0.05) is 28.6 Å². The number of rotatable bonds is 4. The topological polar surface area (TPSA) is 106 Å². The first-order valence-electron chi connectivity index (χ1n) is 9.82. The molecule has 30 heavy (non-hydrogen) atoms. The molecule has 6 heteroatoms. The van der Waals surface area contributed by atoms with Crippen molar-refractivity contribution in [3.8, 4) is 11.4 Å². The van der Waals surface area contributed by atoms with E-state index in [0.717, 1.165) is 5.56 Å². The number of hydrogen-bond acceptors (Lipinski definition) is 4. The quantitative estimate of drug-likeness (QED) is 0.615. The second-order valence-corrected chi connectivity index (χ2v) is 9.30. The van der Waals surface area contributed by atoms with Crippen molar-refractivity contribution in [3.05, 3.63) is 69.5 Å². The Bertz CT molecular complexity index is 1200. The maximum atomic E-state index is 12.7. The van der Waals surface area contributed by atoms with Crippen LogP contribution in [0.5, 0.6) is 5.75 Å². The van der Waals surface area contributed by atoms with E-state index in [2.05, 4.69) is 0 Å². The maximum absolute atomic E-state index is 12.7. The van der Waals surface area contributed by atoms with Crippen molar-refractivity contribution in [1.82, 2.24) is 4.57 Å². The van der Waals surface area contributed by atoms with Gasteiger partial charge in [0.15, 0.2) is 0 Å². The summed E-state index contributed by atoms with van der Waals surface area (Å²) in [6.07, 6.45) is 1.44. The summed E-state index contributed by atoms with van der Waals surface area (Å²) < 4.78 is 1.73. The number of nitrogens with two attached hydrogens (primary N) is 1. The number of fused-ring (bicyclic) bond motifs is 1. The number of aromatic nitrogens is 1. The minimum Gasteiger partial charge on any atom is -0.508 e. The molecule has 1 aromatic heterocycles. The van der Waals surface area contributed by atoms with E-state index < -0.39 is 16.8 Å². The molecule has 0 aliphatic carbocycles. The summed E-state index contributed by atoms with van der Waals surface area (Å²) in [4.78, 5) is 24.7. The van der Waals surface area contributed by atoms with Crippen LogP contribution < -0.4 is 11.2 Å². The first-order chi connectivity index (χ1) is 13.9. The average Bonchev–Trinajstić information content (AvgIpc) is 2.67. The molecule has 1 heterocycles. The SMILES string of the molecule is CC(C)(C)c1cc(C(C)(C)CO)c(O)cc1-n1cc(C(N)=O)c(=O)c2ccccc21. The van der Waals surface area contributed by atoms with Gasteiger partial charge in [-0.15, -0.1) is 0 Å². The molecule has 0 bridgehead atoms. The van der Waals surface area contributed by atoms with Crippen LogP contribution >= 0.6 is 0 Å². The maximum Gasteiger partial charge on any atom is 0.254 e. The van der Waals surface area contributed by atoms with E-state index in [4.69, 9.17) is 5.73 Å².